The number of rotatable bonds is 8. The third-order valence-corrected chi connectivity index (χ3v) is 4.78. The molecule has 2 atom stereocenters. The summed E-state index contributed by atoms with van der Waals surface area (Å²) in [5, 5.41) is 3.79. The fourth-order valence-corrected chi connectivity index (χ4v) is 3.00. The summed E-state index contributed by atoms with van der Waals surface area (Å²) < 4.78 is 44.6. The maximum Gasteiger partial charge on any atom is 0.433 e. The van der Waals surface area contributed by atoms with Crippen molar-refractivity contribution >= 4 is 0 Å². The molecule has 0 spiro atoms. The van der Waals surface area contributed by atoms with Crippen LogP contribution in [-0.2, 0) is 13.2 Å². The first-order chi connectivity index (χ1) is 11.2. The lowest BCUT2D eigenvalue weighted by molar-refractivity contribution is -0.143. The average Bonchev–Trinajstić information content (AvgIpc) is 2.84. The molecule has 1 heterocycles. The first kappa shape index (κ1) is 18.7. The van der Waals surface area contributed by atoms with E-state index < -0.39 is 11.9 Å². The Morgan fingerprint density at radius 1 is 1.46 bits per heavy atom. The Morgan fingerprint density at radius 2 is 2.17 bits per heavy atom. The topological polar surface area (TPSA) is 30.3 Å². The monoisotopic (exact) mass is 345 g/mol. The van der Waals surface area contributed by atoms with Crippen molar-refractivity contribution in [1.29, 1.82) is 0 Å². The van der Waals surface area contributed by atoms with Gasteiger partial charge < -0.3 is 9.64 Å². The number of halogens is 3. The zero-order chi connectivity index (χ0) is 17.9. The summed E-state index contributed by atoms with van der Waals surface area (Å²) in [5.74, 6) is 0.663. The third-order valence-electron chi connectivity index (χ3n) is 4.78. The van der Waals surface area contributed by atoms with Crippen LogP contribution in [0, 0.1) is 11.8 Å². The Morgan fingerprint density at radius 3 is 2.67 bits per heavy atom. The van der Waals surface area contributed by atoms with Gasteiger partial charge in [-0.2, -0.15) is 13.2 Å². The van der Waals surface area contributed by atoms with Crippen molar-refractivity contribution in [3.05, 3.63) is 24.0 Å². The largest absolute Gasteiger partial charge is 0.476 e. The van der Waals surface area contributed by atoms with Gasteiger partial charge in [-0.3, -0.25) is 4.68 Å². The maximum absolute atomic E-state index is 12.8. The normalized spacial score (nSPS) is 20.6. The van der Waals surface area contributed by atoms with Gasteiger partial charge in [0.2, 0.25) is 5.88 Å². The fraction of sp³-hybridized carbons (Fsp3) is 0.706. The highest BCUT2D eigenvalue weighted by molar-refractivity contribution is 5.18. The molecule has 0 aliphatic heterocycles. The van der Waals surface area contributed by atoms with Crippen molar-refractivity contribution in [2.75, 3.05) is 20.2 Å². The highest BCUT2D eigenvalue weighted by Gasteiger charge is 2.37. The van der Waals surface area contributed by atoms with Crippen molar-refractivity contribution < 1.29 is 17.9 Å². The van der Waals surface area contributed by atoms with E-state index in [4.69, 9.17) is 4.74 Å². The number of unbranched alkanes of at least 4 members (excludes halogenated alkanes) is 1. The van der Waals surface area contributed by atoms with Crippen molar-refractivity contribution in [1.82, 2.24) is 14.7 Å². The van der Waals surface area contributed by atoms with E-state index >= 15 is 0 Å². The maximum atomic E-state index is 12.8. The Balaban J connectivity index is 1.88. The predicted octanol–water partition coefficient (Wildman–Crippen LogP) is 4.09. The number of nitrogens with zero attached hydrogens (tertiary/aromatic N) is 3. The van der Waals surface area contributed by atoms with Crippen LogP contribution in [-0.4, -0.2) is 34.9 Å². The first-order valence-electron chi connectivity index (χ1n) is 8.38. The van der Waals surface area contributed by atoms with E-state index in [2.05, 4.69) is 23.5 Å². The number of hydrogen-bond donors (Lipinski definition) is 0. The molecule has 0 bridgehead atoms. The molecular formula is C17H26F3N3O. The summed E-state index contributed by atoms with van der Waals surface area (Å²) in [6, 6.07) is 0.954. The number of alkyl halides is 3. The van der Waals surface area contributed by atoms with Gasteiger partial charge in [0.15, 0.2) is 0 Å². The van der Waals surface area contributed by atoms with Gasteiger partial charge in [-0.15, -0.1) is 5.10 Å². The number of allylic oxidation sites excluding steroid dienone is 1. The third kappa shape index (κ3) is 4.24. The molecule has 24 heavy (non-hydrogen) atoms. The first-order valence-corrected chi connectivity index (χ1v) is 8.38. The molecule has 1 aliphatic carbocycles. The van der Waals surface area contributed by atoms with E-state index in [0.29, 0.717) is 12.5 Å². The molecule has 1 saturated carbocycles. The van der Waals surface area contributed by atoms with Crippen molar-refractivity contribution in [2.24, 2.45) is 18.9 Å². The number of aromatic nitrogens is 2. The molecule has 0 aromatic carbocycles. The molecule has 0 N–H and O–H groups in total. The van der Waals surface area contributed by atoms with Crippen LogP contribution in [0.2, 0.25) is 0 Å². The predicted molar refractivity (Wildman–Crippen MR) is 86.6 cm³/mol. The Kier molecular flexibility index (Phi) is 5.83. The SMILES string of the molecule is C=C([C@@H]1CC[C@H]1COc1cc(C(F)(F)F)n(C)n1)N(C)CCCC. The second-order valence-electron chi connectivity index (χ2n) is 6.51. The minimum absolute atomic E-state index is 0.0282. The zero-order valence-electron chi connectivity index (χ0n) is 14.6. The fourth-order valence-electron chi connectivity index (χ4n) is 3.00. The van der Waals surface area contributed by atoms with E-state index in [9.17, 15) is 13.2 Å². The van der Waals surface area contributed by atoms with Gasteiger partial charge in [0.05, 0.1) is 6.61 Å². The molecule has 0 saturated heterocycles. The summed E-state index contributed by atoms with van der Waals surface area (Å²) >= 11 is 0. The molecule has 2 rings (SSSR count). The summed E-state index contributed by atoms with van der Waals surface area (Å²) in [7, 11) is 3.31. The number of ether oxygens (including phenoxy) is 1. The molecule has 1 fully saturated rings. The minimum Gasteiger partial charge on any atom is -0.476 e. The highest BCUT2D eigenvalue weighted by atomic mass is 19.4. The van der Waals surface area contributed by atoms with E-state index in [-0.39, 0.29) is 11.8 Å². The van der Waals surface area contributed by atoms with Crippen molar-refractivity contribution in [3.63, 3.8) is 0 Å². The van der Waals surface area contributed by atoms with Gasteiger partial charge in [-0.1, -0.05) is 19.9 Å². The second kappa shape index (κ2) is 7.49. The van der Waals surface area contributed by atoms with Crippen LogP contribution in [0.1, 0.15) is 38.3 Å². The van der Waals surface area contributed by atoms with Gasteiger partial charge >= 0.3 is 6.18 Å². The quantitative estimate of drug-likeness (QED) is 0.711. The molecule has 1 aromatic rings. The van der Waals surface area contributed by atoms with Crippen LogP contribution in [0.4, 0.5) is 13.2 Å². The van der Waals surface area contributed by atoms with Gasteiger partial charge in [-0.25, -0.2) is 0 Å². The van der Waals surface area contributed by atoms with Crippen LogP contribution in [0.15, 0.2) is 18.3 Å². The molecule has 0 amide bonds. The van der Waals surface area contributed by atoms with Crippen LogP contribution < -0.4 is 4.74 Å². The average molecular weight is 345 g/mol. The lowest BCUT2D eigenvalue weighted by Gasteiger charge is -2.40. The van der Waals surface area contributed by atoms with E-state index in [1.807, 2.05) is 7.05 Å². The van der Waals surface area contributed by atoms with Gasteiger partial charge in [0.25, 0.3) is 0 Å². The molecule has 136 valence electrons. The van der Waals surface area contributed by atoms with Crippen LogP contribution >= 0.6 is 0 Å². The van der Waals surface area contributed by atoms with E-state index in [1.165, 1.54) is 7.05 Å². The lowest BCUT2D eigenvalue weighted by Crippen LogP contribution is -2.37. The van der Waals surface area contributed by atoms with Gasteiger partial charge in [0.1, 0.15) is 5.69 Å². The molecule has 0 unspecified atom stereocenters. The van der Waals surface area contributed by atoms with Crippen LogP contribution in [0.25, 0.3) is 0 Å². The molecule has 7 heteroatoms. The van der Waals surface area contributed by atoms with Crippen molar-refractivity contribution in [3.8, 4) is 5.88 Å². The van der Waals surface area contributed by atoms with E-state index in [1.54, 1.807) is 0 Å². The molecular weight excluding hydrogens is 319 g/mol. The zero-order valence-corrected chi connectivity index (χ0v) is 14.6. The number of aryl methyl sites for hydroxylation is 1. The summed E-state index contributed by atoms with van der Waals surface area (Å²) in [6.07, 6.45) is -0.101. The summed E-state index contributed by atoms with van der Waals surface area (Å²) in [5.41, 5.74) is 0.298. The standard InChI is InChI=1S/C17H26F3N3O/c1-5-6-9-22(3)12(2)14-8-7-13(14)11-24-16-10-15(17(18,19)20)23(4)21-16/h10,13-14H,2,5-9,11H2,1,3-4H3/t13-,14-/m0/s1. The van der Waals surface area contributed by atoms with E-state index in [0.717, 1.165) is 48.7 Å². The summed E-state index contributed by atoms with van der Waals surface area (Å²) in [4.78, 5) is 2.18. The minimum atomic E-state index is -4.42. The molecule has 1 aromatic heterocycles. The highest BCUT2D eigenvalue weighted by Crippen LogP contribution is 2.40. The van der Waals surface area contributed by atoms with Gasteiger partial charge in [0, 0.05) is 44.2 Å². The Hall–Kier alpha value is -1.66. The Bertz CT molecular complexity index is 568. The van der Waals surface area contributed by atoms with Gasteiger partial charge in [-0.05, 0) is 19.3 Å². The van der Waals surface area contributed by atoms with Crippen LogP contribution in [0.5, 0.6) is 5.88 Å². The number of hydrogen-bond acceptors (Lipinski definition) is 3. The second-order valence-corrected chi connectivity index (χ2v) is 6.51. The molecule has 4 nitrogen and oxygen atoms in total. The Labute approximate surface area is 141 Å². The molecule has 0 radical (unpaired) electrons. The molecule has 1 aliphatic rings. The smallest absolute Gasteiger partial charge is 0.433 e. The van der Waals surface area contributed by atoms with Crippen molar-refractivity contribution in [2.45, 2.75) is 38.8 Å². The lowest BCUT2D eigenvalue weighted by atomic mass is 9.72. The van der Waals surface area contributed by atoms with Crippen LogP contribution in [0.3, 0.4) is 0 Å². The summed E-state index contributed by atoms with van der Waals surface area (Å²) in [6.45, 7) is 7.69.